The average molecular weight is 472 g/mol. The normalized spacial score (nSPS) is 11.5. The fourth-order valence-electron chi connectivity index (χ4n) is 3.31. The smallest absolute Gasteiger partial charge is 0.187 e. The minimum Gasteiger partial charge on any atom is -0.331 e. The zero-order valence-electron chi connectivity index (χ0n) is 17.6. The number of aromatic nitrogens is 2. The zero-order valence-corrected chi connectivity index (χ0v) is 19.2. The van der Waals surface area contributed by atoms with Crippen LogP contribution in [0.5, 0.6) is 0 Å². The molecule has 6 nitrogen and oxygen atoms in total. The number of carbonyl (C=O) groups is 1. The molecule has 0 aliphatic heterocycles. The number of anilines is 1. The summed E-state index contributed by atoms with van der Waals surface area (Å²) in [5.74, 6) is 0. The van der Waals surface area contributed by atoms with E-state index in [1.54, 1.807) is 17.8 Å². The first-order valence-corrected chi connectivity index (χ1v) is 11.8. The highest BCUT2D eigenvalue weighted by atomic mass is 32.2. The predicted molar refractivity (Wildman–Crippen MR) is 136 cm³/mol. The van der Waals surface area contributed by atoms with Crippen molar-refractivity contribution in [1.29, 1.82) is 5.41 Å². The minimum absolute atomic E-state index is 0.364. The van der Waals surface area contributed by atoms with Crippen molar-refractivity contribution in [3.8, 4) is 0 Å². The third-order valence-corrected chi connectivity index (χ3v) is 6.25. The van der Waals surface area contributed by atoms with Gasteiger partial charge in [-0.15, -0.1) is 11.3 Å². The van der Waals surface area contributed by atoms with E-state index >= 15 is 0 Å². The zero-order chi connectivity index (χ0) is 23.0. The number of hydrogen-bond donors (Lipinski definition) is 3. The van der Waals surface area contributed by atoms with Crippen LogP contribution in [0.3, 0.4) is 0 Å². The van der Waals surface area contributed by atoms with E-state index in [4.69, 9.17) is 10.5 Å². The third-order valence-electron chi connectivity index (χ3n) is 4.93. The Kier molecular flexibility index (Phi) is 7.41. The molecule has 164 valence electrons. The van der Waals surface area contributed by atoms with Gasteiger partial charge in [-0.3, -0.25) is 20.3 Å². The van der Waals surface area contributed by atoms with Crippen molar-refractivity contribution in [3.63, 3.8) is 0 Å². The highest BCUT2D eigenvalue weighted by Crippen LogP contribution is 2.28. The monoisotopic (exact) mass is 471 g/mol. The summed E-state index contributed by atoms with van der Waals surface area (Å²) in [4.78, 5) is 20.7. The Morgan fingerprint density at radius 2 is 1.82 bits per heavy atom. The highest BCUT2D eigenvalue weighted by Gasteiger charge is 2.18. The SMILES string of the molecule is N=C(/C(Cc1ccc(SN)cc1)=C(\Nc1nc(C=O)cs1)c1cccnc1)c1ccccc1. The molecular formula is C25H21N5OS2. The van der Waals surface area contributed by atoms with Crippen molar-refractivity contribution in [2.75, 3.05) is 5.32 Å². The number of nitrogens with zero attached hydrogens (tertiary/aromatic N) is 2. The number of nitrogens with two attached hydrogens (primary N) is 1. The van der Waals surface area contributed by atoms with Crippen LogP contribution in [-0.2, 0) is 6.42 Å². The second-order valence-electron chi connectivity index (χ2n) is 7.10. The second kappa shape index (κ2) is 10.8. The van der Waals surface area contributed by atoms with Gasteiger partial charge < -0.3 is 5.32 Å². The fourth-order valence-corrected chi connectivity index (χ4v) is 4.26. The summed E-state index contributed by atoms with van der Waals surface area (Å²) in [6, 6.07) is 21.4. The van der Waals surface area contributed by atoms with Gasteiger partial charge in [0.1, 0.15) is 5.69 Å². The Morgan fingerprint density at radius 3 is 2.45 bits per heavy atom. The van der Waals surface area contributed by atoms with E-state index in [9.17, 15) is 4.79 Å². The number of pyridine rings is 1. The van der Waals surface area contributed by atoms with Crippen LogP contribution in [-0.4, -0.2) is 22.0 Å². The Bertz CT molecular complexity index is 1270. The minimum atomic E-state index is 0.364. The van der Waals surface area contributed by atoms with Crippen LogP contribution in [0, 0.1) is 5.41 Å². The van der Waals surface area contributed by atoms with Crippen molar-refractivity contribution in [2.45, 2.75) is 11.3 Å². The molecule has 0 spiro atoms. The van der Waals surface area contributed by atoms with E-state index in [1.165, 1.54) is 23.3 Å². The number of allylic oxidation sites excluding steroid dienone is 1. The van der Waals surface area contributed by atoms with Gasteiger partial charge in [-0.05, 0) is 47.3 Å². The number of benzene rings is 2. The molecule has 0 fully saturated rings. The standard InChI is InChI=1S/C25H21N5OS2/c26-23(18-5-2-1-3-6-18)22(13-17-8-10-21(33-27)11-9-17)24(19-7-4-12-28-14-19)30-25-29-20(15-31)16-32-25/h1-12,14-16,26H,13,27H2,(H,29,30)/b24-22-,26-23?. The third kappa shape index (κ3) is 5.61. The molecule has 0 amide bonds. The van der Waals surface area contributed by atoms with Crippen LogP contribution in [0.15, 0.2) is 95.0 Å². The lowest BCUT2D eigenvalue weighted by Crippen LogP contribution is -2.14. The van der Waals surface area contributed by atoms with Crippen LogP contribution in [0.4, 0.5) is 5.13 Å². The number of rotatable bonds is 9. The van der Waals surface area contributed by atoms with Crippen molar-refractivity contribution >= 4 is 46.1 Å². The van der Waals surface area contributed by atoms with Gasteiger partial charge in [-0.2, -0.15) is 0 Å². The van der Waals surface area contributed by atoms with Crippen LogP contribution >= 0.6 is 23.3 Å². The van der Waals surface area contributed by atoms with Gasteiger partial charge in [0.15, 0.2) is 11.4 Å². The van der Waals surface area contributed by atoms with Gasteiger partial charge in [0, 0.05) is 40.2 Å². The molecule has 0 aliphatic carbocycles. The predicted octanol–water partition coefficient (Wildman–Crippen LogP) is 5.45. The largest absolute Gasteiger partial charge is 0.331 e. The molecule has 4 rings (SSSR count). The quantitative estimate of drug-likeness (QED) is 0.170. The van der Waals surface area contributed by atoms with Gasteiger partial charge in [-0.25, -0.2) is 4.98 Å². The Morgan fingerprint density at radius 1 is 1.06 bits per heavy atom. The van der Waals surface area contributed by atoms with Gasteiger partial charge in [0.05, 0.1) is 11.4 Å². The maximum absolute atomic E-state index is 11.1. The maximum Gasteiger partial charge on any atom is 0.187 e. The number of thiazole rings is 1. The van der Waals surface area contributed by atoms with Gasteiger partial charge in [0.25, 0.3) is 0 Å². The molecule has 33 heavy (non-hydrogen) atoms. The number of carbonyl (C=O) groups excluding carboxylic acids is 1. The average Bonchev–Trinajstić information content (AvgIpc) is 3.35. The molecule has 0 bridgehead atoms. The van der Waals surface area contributed by atoms with Crippen LogP contribution in [0.2, 0.25) is 0 Å². The fraction of sp³-hybridized carbons (Fsp3) is 0.0400. The maximum atomic E-state index is 11.1. The molecule has 8 heteroatoms. The molecule has 0 radical (unpaired) electrons. The van der Waals surface area contributed by atoms with Crippen LogP contribution in [0.1, 0.15) is 27.2 Å². The molecule has 0 unspecified atom stereocenters. The molecule has 4 N–H and O–H groups in total. The van der Waals surface area contributed by atoms with Crippen molar-refractivity contribution in [2.24, 2.45) is 5.14 Å². The summed E-state index contributed by atoms with van der Waals surface area (Å²) < 4.78 is 0. The summed E-state index contributed by atoms with van der Waals surface area (Å²) in [5, 5.41) is 20.4. The first-order valence-electron chi connectivity index (χ1n) is 10.1. The van der Waals surface area contributed by atoms with Crippen molar-refractivity contribution in [3.05, 3.63) is 112 Å². The molecule has 0 saturated heterocycles. The molecular weight excluding hydrogens is 450 g/mol. The van der Waals surface area contributed by atoms with E-state index in [-0.39, 0.29) is 0 Å². The van der Waals surface area contributed by atoms with E-state index in [0.717, 1.165) is 39.1 Å². The molecule has 2 heterocycles. The summed E-state index contributed by atoms with van der Waals surface area (Å²) in [5.41, 5.74) is 4.93. The van der Waals surface area contributed by atoms with Crippen LogP contribution in [0.25, 0.3) is 5.70 Å². The molecule has 0 aliphatic rings. The Balaban J connectivity index is 1.85. The second-order valence-corrected chi connectivity index (χ2v) is 8.66. The highest BCUT2D eigenvalue weighted by molar-refractivity contribution is 7.97. The lowest BCUT2D eigenvalue weighted by Gasteiger charge is -2.18. The Labute approximate surface area is 200 Å². The first kappa shape index (κ1) is 22.6. The van der Waals surface area contributed by atoms with Gasteiger partial charge in [0.2, 0.25) is 0 Å². The molecule has 0 atom stereocenters. The molecule has 2 aromatic carbocycles. The molecule has 4 aromatic rings. The summed E-state index contributed by atoms with van der Waals surface area (Å²) in [7, 11) is 0. The van der Waals surface area contributed by atoms with Crippen molar-refractivity contribution < 1.29 is 4.79 Å². The molecule has 2 aromatic heterocycles. The number of aldehydes is 1. The number of hydrogen-bond acceptors (Lipinski definition) is 8. The lowest BCUT2D eigenvalue weighted by molar-refractivity contribution is 0.111. The Hall–Kier alpha value is -3.59. The van der Waals surface area contributed by atoms with E-state index in [0.29, 0.717) is 23.0 Å². The topological polar surface area (TPSA) is 105 Å². The summed E-state index contributed by atoms with van der Waals surface area (Å²) in [6.45, 7) is 0. The van der Waals surface area contributed by atoms with E-state index in [2.05, 4.69) is 15.3 Å². The van der Waals surface area contributed by atoms with E-state index < -0.39 is 0 Å². The van der Waals surface area contributed by atoms with Gasteiger partial charge >= 0.3 is 0 Å². The van der Waals surface area contributed by atoms with Crippen LogP contribution < -0.4 is 10.5 Å². The van der Waals surface area contributed by atoms with E-state index in [1.807, 2.05) is 66.7 Å². The first-order chi connectivity index (χ1) is 16.2. The molecule has 0 saturated carbocycles. The van der Waals surface area contributed by atoms with Crippen molar-refractivity contribution in [1.82, 2.24) is 9.97 Å². The van der Waals surface area contributed by atoms with Gasteiger partial charge in [-0.1, -0.05) is 42.5 Å². The number of nitrogens with one attached hydrogen (secondary N) is 2. The lowest BCUT2D eigenvalue weighted by atomic mass is 9.92. The summed E-state index contributed by atoms with van der Waals surface area (Å²) >= 11 is 2.54. The summed E-state index contributed by atoms with van der Waals surface area (Å²) in [6.07, 6.45) is 4.69.